The van der Waals surface area contributed by atoms with Crippen LogP contribution < -0.4 is 0 Å². The Hall–Kier alpha value is -2.19. The molecule has 0 radical (unpaired) electrons. The zero-order valence-corrected chi connectivity index (χ0v) is 15.6. The Morgan fingerprint density at radius 1 is 1.38 bits per heavy atom. The van der Waals surface area contributed by atoms with Crippen LogP contribution >= 0.6 is 11.8 Å². The fourth-order valence-electron chi connectivity index (χ4n) is 3.20. The maximum Gasteiger partial charge on any atom is 0.162 e. The van der Waals surface area contributed by atoms with Gasteiger partial charge in [-0.05, 0) is 73.2 Å². The number of aryl methyl sites for hydroxylation is 1. The molecule has 0 bridgehead atoms. The summed E-state index contributed by atoms with van der Waals surface area (Å²) >= 11 is 1.54. The van der Waals surface area contributed by atoms with Crippen LogP contribution in [0.3, 0.4) is 0 Å². The third kappa shape index (κ3) is 4.50. The highest BCUT2D eigenvalue weighted by Gasteiger charge is 2.19. The second kappa shape index (κ2) is 8.46. The van der Waals surface area contributed by atoms with E-state index in [1.165, 1.54) is 41.6 Å². The SMILES string of the molecule is CC1CCc2nc(SCCCC(=O)c3ccc(F)cc3)c(C#N)cc2C1. The molecule has 0 N–H and O–H groups in total. The van der Waals surface area contributed by atoms with Gasteiger partial charge < -0.3 is 0 Å². The number of hydrogen-bond donors (Lipinski definition) is 0. The number of ketones is 1. The Bertz CT molecular complexity index is 842. The van der Waals surface area contributed by atoms with E-state index in [1.807, 2.05) is 6.07 Å². The van der Waals surface area contributed by atoms with Crippen molar-refractivity contribution >= 4 is 17.5 Å². The number of carbonyl (C=O) groups is 1. The average Bonchev–Trinajstić information content (AvgIpc) is 2.65. The van der Waals surface area contributed by atoms with Crippen LogP contribution in [-0.4, -0.2) is 16.5 Å². The first-order valence-electron chi connectivity index (χ1n) is 8.91. The van der Waals surface area contributed by atoms with Gasteiger partial charge in [0.2, 0.25) is 0 Å². The Balaban J connectivity index is 1.57. The van der Waals surface area contributed by atoms with Crippen molar-refractivity contribution in [1.29, 1.82) is 5.26 Å². The molecule has 3 nitrogen and oxygen atoms in total. The molecule has 1 aromatic heterocycles. The lowest BCUT2D eigenvalue weighted by atomic mass is 9.87. The number of Topliss-reactive ketones (excluding diaryl/α,β-unsaturated/α-hetero) is 1. The summed E-state index contributed by atoms with van der Waals surface area (Å²) in [5, 5.41) is 10.2. The van der Waals surface area contributed by atoms with Crippen LogP contribution in [0.15, 0.2) is 35.4 Å². The van der Waals surface area contributed by atoms with Gasteiger partial charge in [0.15, 0.2) is 5.78 Å². The van der Waals surface area contributed by atoms with Crippen molar-refractivity contribution in [3.63, 3.8) is 0 Å². The molecule has 0 amide bonds. The third-order valence-electron chi connectivity index (χ3n) is 4.67. The number of pyridine rings is 1. The van der Waals surface area contributed by atoms with E-state index in [-0.39, 0.29) is 11.6 Å². The fourth-order valence-corrected chi connectivity index (χ4v) is 4.12. The summed E-state index contributed by atoms with van der Waals surface area (Å²) in [5.74, 6) is 1.04. The fraction of sp³-hybridized carbons (Fsp3) is 0.381. The van der Waals surface area contributed by atoms with E-state index in [0.29, 0.717) is 29.9 Å². The third-order valence-corrected chi connectivity index (χ3v) is 5.75. The Kier molecular flexibility index (Phi) is 6.05. The number of halogens is 1. The van der Waals surface area contributed by atoms with Crippen molar-refractivity contribution in [2.45, 2.75) is 44.1 Å². The van der Waals surface area contributed by atoms with Gasteiger partial charge in [-0.25, -0.2) is 9.37 Å². The highest BCUT2D eigenvalue weighted by Crippen LogP contribution is 2.29. The molecule has 26 heavy (non-hydrogen) atoms. The zero-order valence-electron chi connectivity index (χ0n) is 14.8. The minimum Gasteiger partial charge on any atom is -0.294 e. The molecular formula is C21H21FN2OS. The smallest absolute Gasteiger partial charge is 0.162 e. The Labute approximate surface area is 157 Å². The lowest BCUT2D eigenvalue weighted by Gasteiger charge is -2.21. The van der Waals surface area contributed by atoms with Crippen LogP contribution in [0.4, 0.5) is 4.39 Å². The molecule has 0 saturated carbocycles. The summed E-state index contributed by atoms with van der Waals surface area (Å²) in [6, 6.07) is 9.89. The number of nitriles is 1. The van der Waals surface area contributed by atoms with E-state index >= 15 is 0 Å². The van der Waals surface area contributed by atoms with E-state index in [4.69, 9.17) is 4.98 Å². The average molecular weight is 368 g/mol. The first kappa shape index (κ1) is 18.6. The quantitative estimate of drug-likeness (QED) is 0.410. The normalized spacial score (nSPS) is 16.0. The van der Waals surface area contributed by atoms with Gasteiger partial charge in [0.25, 0.3) is 0 Å². The molecule has 1 aromatic carbocycles. The highest BCUT2D eigenvalue weighted by atomic mass is 32.2. The van der Waals surface area contributed by atoms with Crippen LogP contribution in [0.5, 0.6) is 0 Å². The summed E-state index contributed by atoms with van der Waals surface area (Å²) < 4.78 is 12.9. The van der Waals surface area contributed by atoms with Gasteiger partial charge in [-0.2, -0.15) is 5.26 Å². The molecule has 1 aliphatic rings. The zero-order chi connectivity index (χ0) is 18.5. The molecule has 1 atom stereocenters. The predicted molar refractivity (Wildman–Crippen MR) is 101 cm³/mol. The van der Waals surface area contributed by atoms with Crippen molar-refractivity contribution < 1.29 is 9.18 Å². The lowest BCUT2D eigenvalue weighted by Crippen LogP contribution is -2.14. The molecule has 2 aromatic rings. The Morgan fingerprint density at radius 3 is 2.88 bits per heavy atom. The van der Waals surface area contributed by atoms with E-state index in [0.717, 1.165) is 35.7 Å². The monoisotopic (exact) mass is 368 g/mol. The van der Waals surface area contributed by atoms with Crippen molar-refractivity contribution in [2.75, 3.05) is 5.75 Å². The van der Waals surface area contributed by atoms with Crippen LogP contribution in [0, 0.1) is 23.1 Å². The largest absolute Gasteiger partial charge is 0.294 e. The molecule has 1 unspecified atom stereocenters. The summed E-state index contributed by atoms with van der Waals surface area (Å²) in [5.41, 5.74) is 3.49. The second-order valence-electron chi connectivity index (χ2n) is 6.79. The number of hydrogen-bond acceptors (Lipinski definition) is 4. The molecule has 0 spiro atoms. The van der Waals surface area contributed by atoms with Gasteiger partial charge in [-0.3, -0.25) is 4.79 Å². The molecule has 0 fully saturated rings. The molecule has 1 heterocycles. The number of rotatable bonds is 6. The molecule has 0 aliphatic heterocycles. The first-order chi connectivity index (χ1) is 12.6. The minimum absolute atomic E-state index is 0.0125. The predicted octanol–water partition coefficient (Wildman–Crippen LogP) is 4.97. The topological polar surface area (TPSA) is 53.8 Å². The van der Waals surface area contributed by atoms with Gasteiger partial charge in [-0.15, -0.1) is 11.8 Å². The second-order valence-corrected chi connectivity index (χ2v) is 7.87. The number of benzene rings is 1. The maximum absolute atomic E-state index is 12.9. The van der Waals surface area contributed by atoms with E-state index < -0.39 is 0 Å². The summed E-state index contributed by atoms with van der Waals surface area (Å²) in [6.07, 6.45) is 4.21. The number of fused-ring (bicyclic) bond motifs is 1. The molecule has 134 valence electrons. The van der Waals surface area contributed by atoms with Crippen molar-refractivity contribution in [3.05, 3.63) is 58.5 Å². The summed E-state index contributed by atoms with van der Waals surface area (Å²) in [4.78, 5) is 16.8. The lowest BCUT2D eigenvalue weighted by molar-refractivity contribution is 0.0982. The van der Waals surface area contributed by atoms with Crippen molar-refractivity contribution in [3.8, 4) is 6.07 Å². The molecule has 5 heteroatoms. The number of carbonyl (C=O) groups excluding carboxylic acids is 1. The highest BCUT2D eigenvalue weighted by molar-refractivity contribution is 7.99. The van der Waals surface area contributed by atoms with Crippen LogP contribution in [0.2, 0.25) is 0 Å². The van der Waals surface area contributed by atoms with Crippen LogP contribution in [0.25, 0.3) is 0 Å². The van der Waals surface area contributed by atoms with Crippen molar-refractivity contribution in [2.24, 2.45) is 5.92 Å². The number of thioether (sulfide) groups is 1. The summed E-state index contributed by atoms with van der Waals surface area (Å²) in [7, 11) is 0. The van der Waals surface area contributed by atoms with Crippen LogP contribution in [0.1, 0.15) is 53.4 Å². The summed E-state index contributed by atoms with van der Waals surface area (Å²) in [6.45, 7) is 2.23. The van der Waals surface area contributed by atoms with Gasteiger partial charge >= 0.3 is 0 Å². The molecule has 1 aliphatic carbocycles. The van der Waals surface area contributed by atoms with E-state index in [9.17, 15) is 14.4 Å². The standard InChI is InChI=1S/C21H21FN2OS/c1-14-4-9-19-16(11-14)12-17(13-23)21(24-19)26-10-2-3-20(25)15-5-7-18(22)8-6-15/h5-8,12,14H,2-4,9-11H2,1H3. The molecular weight excluding hydrogens is 347 g/mol. The first-order valence-corrected chi connectivity index (χ1v) is 9.90. The van der Waals surface area contributed by atoms with Gasteiger partial charge in [0.05, 0.1) is 5.56 Å². The minimum atomic E-state index is -0.339. The van der Waals surface area contributed by atoms with Crippen LogP contribution in [-0.2, 0) is 12.8 Å². The Morgan fingerprint density at radius 2 is 2.15 bits per heavy atom. The number of aromatic nitrogens is 1. The van der Waals surface area contributed by atoms with Crippen molar-refractivity contribution in [1.82, 2.24) is 4.98 Å². The van der Waals surface area contributed by atoms with Gasteiger partial charge in [-0.1, -0.05) is 6.92 Å². The van der Waals surface area contributed by atoms with E-state index in [2.05, 4.69) is 13.0 Å². The van der Waals surface area contributed by atoms with E-state index in [1.54, 1.807) is 0 Å². The molecule has 0 saturated heterocycles. The van der Waals surface area contributed by atoms with Gasteiger partial charge in [0.1, 0.15) is 16.9 Å². The van der Waals surface area contributed by atoms with Gasteiger partial charge in [0, 0.05) is 17.7 Å². The number of nitrogens with zero attached hydrogens (tertiary/aromatic N) is 2. The maximum atomic E-state index is 12.9. The molecule has 3 rings (SSSR count).